The summed E-state index contributed by atoms with van der Waals surface area (Å²) < 4.78 is 5.64. The van der Waals surface area contributed by atoms with Crippen molar-refractivity contribution in [2.24, 2.45) is 0 Å². The molecule has 92 valence electrons. The van der Waals surface area contributed by atoms with Gasteiger partial charge in [0.15, 0.2) is 0 Å². The fraction of sp³-hybridized carbons (Fsp3) is 0.417. The predicted molar refractivity (Wildman–Crippen MR) is 64.1 cm³/mol. The van der Waals surface area contributed by atoms with Crippen LogP contribution in [0.1, 0.15) is 12.0 Å². The van der Waals surface area contributed by atoms with E-state index in [1.165, 1.54) is 0 Å². The Morgan fingerprint density at radius 2 is 2.29 bits per heavy atom. The van der Waals surface area contributed by atoms with E-state index in [0.29, 0.717) is 24.6 Å². The average molecular weight is 256 g/mol. The van der Waals surface area contributed by atoms with Crippen molar-refractivity contribution < 1.29 is 14.6 Å². The Bertz CT molecular complexity index is 410. The number of carboxylic acids is 1. The average Bonchev–Trinajstić information content (AvgIpc) is 2.77. The summed E-state index contributed by atoms with van der Waals surface area (Å²) in [6, 6.07) is 6.99. The van der Waals surface area contributed by atoms with Gasteiger partial charge in [0.05, 0.1) is 12.7 Å². The molecule has 5 heteroatoms. The number of ether oxygens (including phenoxy) is 1. The number of nitrogens with one attached hydrogen (secondary N) is 1. The normalized spacial score (nSPS) is 23.8. The van der Waals surface area contributed by atoms with Crippen molar-refractivity contribution in [3.63, 3.8) is 0 Å². The summed E-state index contributed by atoms with van der Waals surface area (Å²) in [6.45, 7) is 0.986. The first kappa shape index (κ1) is 12.4. The van der Waals surface area contributed by atoms with Crippen LogP contribution in [-0.2, 0) is 16.1 Å². The standard InChI is InChI=1S/C12H14ClNO3/c13-10-4-2-1-3-8(10)7-17-9-5-11(12(15)16)14-6-9/h1-4,9,11,14H,5-7H2,(H,15,16)/t9-,11+/m1/s1. The molecule has 1 aromatic carbocycles. The number of aliphatic carboxylic acids is 1. The summed E-state index contributed by atoms with van der Waals surface area (Å²) in [7, 11) is 0. The summed E-state index contributed by atoms with van der Waals surface area (Å²) in [5.74, 6) is -0.825. The van der Waals surface area contributed by atoms with Crippen LogP contribution in [0, 0.1) is 0 Å². The van der Waals surface area contributed by atoms with Crippen molar-refractivity contribution in [1.29, 1.82) is 0 Å². The Morgan fingerprint density at radius 3 is 2.94 bits per heavy atom. The molecule has 4 nitrogen and oxygen atoms in total. The highest BCUT2D eigenvalue weighted by Crippen LogP contribution is 2.18. The van der Waals surface area contributed by atoms with Gasteiger partial charge in [-0.2, -0.15) is 0 Å². The maximum atomic E-state index is 10.7. The van der Waals surface area contributed by atoms with Gasteiger partial charge >= 0.3 is 5.97 Å². The lowest BCUT2D eigenvalue weighted by molar-refractivity contribution is -0.139. The molecule has 1 aliphatic heterocycles. The minimum Gasteiger partial charge on any atom is -0.480 e. The lowest BCUT2D eigenvalue weighted by Crippen LogP contribution is -2.29. The van der Waals surface area contributed by atoms with Crippen LogP contribution >= 0.6 is 11.6 Å². The molecule has 0 aliphatic carbocycles. The maximum absolute atomic E-state index is 10.7. The van der Waals surface area contributed by atoms with E-state index in [-0.39, 0.29) is 6.10 Å². The van der Waals surface area contributed by atoms with E-state index in [9.17, 15) is 4.79 Å². The van der Waals surface area contributed by atoms with Crippen LogP contribution in [0.25, 0.3) is 0 Å². The van der Waals surface area contributed by atoms with Gasteiger partial charge in [0.25, 0.3) is 0 Å². The first-order valence-electron chi connectivity index (χ1n) is 5.48. The summed E-state index contributed by atoms with van der Waals surface area (Å²) in [6.07, 6.45) is 0.437. The zero-order chi connectivity index (χ0) is 12.3. The maximum Gasteiger partial charge on any atom is 0.320 e. The SMILES string of the molecule is O=C(O)[C@@H]1C[C@@H](OCc2ccccc2Cl)CN1. The van der Waals surface area contributed by atoms with Gasteiger partial charge in [-0.25, -0.2) is 0 Å². The molecule has 1 fully saturated rings. The number of hydrogen-bond acceptors (Lipinski definition) is 3. The molecule has 2 N–H and O–H groups in total. The van der Waals surface area contributed by atoms with Crippen molar-refractivity contribution in [2.45, 2.75) is 25.2 Å². The van der Waals surface area contributed by atoms with E-state index in [4.69, 9.17) is 21.4 Å². The van der Waals surface area contributed by atoms with Crippen molar-refractivity contribution in [1.82, 2.24) is 5.32 Å². The molecule has 17 heavy (non-hydrogen) atoms. The van der Waals surface area contributed by atoms with Gasteiger partial charge in [-0.15, -0.1) is 0 Å². The molecular formula is C12H14ClNO3. The molecular weight excluding hydrogens is 242 g/mol. The molecule has 1 heterocycles. The molecule has 1 aromatic rings. The molecule has 0 spiro atoms. The number of hydrogen-bond donors (Lipinski definition) is 2. The highest BCUT2D eigenvalue weighted by Gasteiger charge is 2.29. The molecule has 0 aromatic heterocycles. The van der Waals surface area contributed by atoms with Crippen molar-refractivity contribution >= 4 is 17.6 Å². The number of rotatable bonds is 4. The highest BCUT2D eigenvalue weighted by molar-refractivity contribution is 6.31. The Kier molecular flexibility index (Phi) is 3.99. The quantitative estimate of drug-likeness (QED) is 0.859. The smallest absolute Gasteiger partial charge is 0.320 e. The van der Waals surface area contributed by atoms with Crippen LogP contribution in [-0.4, -0.2) is 29.8 Å². The first-order chi connectivity index (χ1) is 8.16. The zero-order valence-corrected chi connectivity index (χ0v) is 9.98. The van der Waals surface area contributed by atoms with E-state index in [0.717, 1.165) is 5.56 Å². The summed E-state index contributed by atoms with van der Waals surface area (Å²) in [5.41, 5.74) is 0.924. The third-order valence-corrected chi connectivity index (χ3v) is 3.19. The number of carboxylic acid groups (broad SMARTS) is 1. The Hall–Kier alpha value is -1.10. The Morgan fingerprint density at radius 1 is 1.53 bits per heavy atom. The zero-order valence-electron chi connectivity index (χ0n) is 9.23. The largest absolute Gasteiger partial charge is 0.480 e. The van der Waals surface area contributed by atoms with Crippen LogP contribution in [0.3, 0.4) is 0 Å². The summed E-state index contributed by atoms with van der Waals surface area (Å²) >= 11 is 6.00. The summed E-state index contributed by atoms with van der Waals surface area (Å²) in [5, 5.41) is 12.4. The molecule has 1 aliphatic rings. The monoisotopic (exact) mass is 255 g/mol. The van der Waals surface area contributed by atoms with E-state index >= 15 is 0 Å². The minimum atomic E-state index is -0.825. The third kappa shape index (κ3) is 3.19. The molecule has 0 radical (unpaired) electrons. The predicted octanol–water partition coefficient (Wildman–Crippen LogP) is 1.67. The molecule has 0 saturated carbocycles. The van der Waals surface area contributed by atoms with Crippen LogP contribution in [0.15, 0.2) is 24.3 Å². The summed E-state index contributed by atoms with van der Waals surface area (Å²) in [4.78, 5) is 10.7. The van der Waals surface area contributed by atoms with Crippen molar-refractivity contribution in [2.75, 3.05) is 6.54 Å². The molecule has 0 unspecified atom stereocenters. The second kappa shape index (κ2) is 5.49. The number of halogens is 1. The molecule has 1 saturated heterocycles. The van der Waals surface area contributed by atoms with Crippen LogP contribution in [0.4, 0.5) is 0 Å². The minimum absolute atomic E-state index is 0.0626. The van der Waals surface area contributed by atoms with Crippen molar-refractivity contribution in [3.8, 4) is 0 Å². The second-order valence-electron chi connectivity index (χ2n) is 4.06. The van der Waals surface area contributed by atoms with Gasteiger partial charge in [-0.1, -0.05) is 29.8 Å². The fourth-order valence-corrected chi connectivity index (χ4v) is 2.03. The van der Waals surface area contributed by atoms with E-state index in [1.54, 1.807) is 0 Å². The van der Waals surface area contributed by atoms with Crippen molar-refractivity contribution in [3.05, 3.63) is 34.9 Å². The number of carbonyl (C=O) groups is 1. The van der Waals surface area contributed by atoms with Gasteiger partial charge in [0.1, 0.15) is 6.04 Å². The lowest BCUT2D eigenvalue weighted by atomic mass is 10.2. The van der Waals surface area contributed by atoms with Gasteiger partial charge < -0.3 is 15.2 Å². The fourth-order valence-electron chi connectivity index (χ4n) is 1.84. The van der Waals surface area contributed by atoms with Gasteiger partial charge in [0.2, 0.25) is 0 Å². The van der Waals surface area contributed by atoms with Gasteiger partial charge in [-0.3, -0.25) is 4.79 Å². The van der Waals surface area contributed by atoms with Gasteiger partial charge in [-0.05, 0) is 11.6 Å². The van der Waals surface area contributed by atoms with Crippen LogP contribution in [0.5, 0.6) is 0 Å². The Labute approximate surface area is 105 Å². The van der Waals surface area contributed by atoms with Crippen LogP contribution in [0.2, 0.25) is 5.02 Å². The van der Waals surface area contributed by atoms with Crippen LogP contribution < -0.4 is 5.32 Å². The Balaban J connectivity index is 1.84. The molecule has 2 rings (SSSR count). The molecule has 0 amide bonds. The lowest BCUT2D eigenvalue weighted by Gasteiger charge is -2.11. The van der Waals surface area contributed by atoms with Gasteiger partial charge in [0, 0.05) is 18.0 Å². The third-order valence-electron chi connectivity index (χ3n) is 2.82. The topological polar surface area (TPSA) is 58.6 Å². The van der Waals surface area contributed by atoms with E-state index < -0.39 is 12.0 Å². The second-order valence-corrected chi connectivity index (χ2v) is 4.47. The molecule has 2 atom stereocenters. The highest BCUT2D eigenvalue weighted by atomic mass is 35.5. The van der Waals surface area contributed by atoms with E-state index in [1.807, 2.05) is 24.3 Å². The molecule has 0 bridgehead atoms. The first-order valence-corrected chi connectivity index (χ1v) is 5.86. The number of benzene rings is 1. The van der Waals surface area contributed by atoms with E-state index in [2.05, 4.69) is 5.32 Å².